The third-order valence-corrected chi connectivity index (χ3v) is 4.76. The van der Waals surface area contributed by atoms with Crippen molar-refractivity contribution in [3.63, 3.8) is 0 Å². The van der Waals surface area contributed by atoms with Crippen molar-refractivity contribution in [3.05, 3.63) is 35.9 Å². The predicted octanol–water partition coefficient (Wildman–Crippen LogP) is 1.06. The van der Waals surface area contributed by atoms with Crippen LogP contribution in [0.5, 0.6) is 0 Å². The molecule has 1 aromatic rings. The number of hydrogen-bond donors (Lipinski definition) is 1. The van der Waals surface area contributed by atoms with Gasteiger partial charge in [0.15, 0.2) is 9.84 Å². The van der Waals surface area contributed by atoms with E-state index in [0.717, 1.165) is 11.8 Å². The molecular weight excluding hydrogens is 254 g/mol. The first-order chi connectivity index (χ1) is 8.25. The molecule has 0 aliphatic heterocycles. The lowest BCUT2D eigenvalue weighted by Crippen LogP contribution is -2.47. The van der Waals surface area contributed by atoms with Crippen LogP contribution in [-0.2, 0) is 26.1 Å². The van der Waals surface area contributed by atoms with Crippen LogP contribution in [0.25, 0.3) is 0 Å². The highest BCUT2D eigenvalue weighted by Gasteiger charge is 2.38. The molecule has 5 nitrogen and oxygen atoms in total. The summed E-state index contributed by atoms with van der Waals surface area (Å²) in [6.45, 7) is 2.86. The number of hydroxylamine groups is 1. The number of hydrogen-bond acceptors (Lipinski definition) is 4. The zero-order valence-corrected chi connectivity index (χ0v) is 11.5. The average molecular weight is 271 g/mol. The first-order valence-electron chi connectivity index (χ1n) is 5.41. The lowest BCUT2D eigenvalue weighted by Gasteiger charge is -2.20. The zero-order chi connectivity index (χ0) is 13.8. The molecule has 0 aromatic heterocycles. The minimum atomic E-state index is -3.49. The van der Waals surface area contributed by atoms with Crippen LogP contribution >= 0.6 is 0 Å². The second-order valence-corrected chi connectivity index (χ2v) is 7.05. The number of sulfone groups is 1. The monoisotopic (exact) mass is 271 g/mol. The van der Waals surface area contributed by atoms with Gasteiger partial charge in [-0.2, -0.15) is 0 Å². The highest BCUT2D eigenvalue weighted by Crippen LogP contribution is 2.15. The summed E-state index contributed by atoms with van der Waals surface area (Å²) >= 11 is 0. The number of rotatable bonds is 5. The normalized spacial score (nSPS) is 12.2. The fraction of sp³-hybridized carbons (Fsp3) is 0.417. The van der Waals surface area contributed by atoms with Crippen LogP contribution in [0.4, 0.5) is 0 Å². The van der Waals surface area contributed by atoms with Gasteiger partial charge in [0.05, 0.1) is 6.61 Å². The van der Waals surface area contributed by atoms with Gasteiger partial charge in [-0.1, -0.05) is 30.3 Å². The highest BCUT2D eigenvalue weighted by molar-refractivity contribution is 7.92. The maximum Gasteiger partial charge on any atom is 0.264 e. The quantitative estimate of drug-likeness (QED) is 0.813. The van der Waals surface area contributed by atoms with Gasteiger partial charge in [0, 0.05) is 6.26 Å². The Morgan fingerprint density at radius 3 is 2.33 bits per heavy atom. The maximum absolute atomic E-state index is 11.7. The second-order valence-electron chi connectivity index (χ2n) is 4.49. The predicted molar refractivity (Wildman–Crippen MR) is 68.3 cm³/mol. The lowest BCUT2D eigenvalue weighted by molar-refractivity contribution is -0.136. The molecule has 0 unspecified atom stereocenters. The van der Waals surface area contributed by atoms with Crippen LogP contribution in [0.3, 0.4) is 0 Å². The molecule has 0 bridgehead atoms. The van der Waals surface area contributed by atoms with Crippen molar-refractivity contribution in [3.8, 4) is 0 Å². The van der Waals surface area contributed by atoms with Gasteiger partial charge in [-0.15, -0.1) is 0 Å². The van der Waals surface area contributed by atoms with E-state index in [1.54, 1.807) is 0 Å². The number of carbonyl (C=O) groups is 1. The van der Waals surface area contributed by atoms with Crippen molar-refractivity contribution >= 4 is 15.7 Å². The molecule has 1 aromatic carbocycles. The van der Waals surface area contributed by atoms with E-state index in [9.17, 15) is 13.2 Å². The minimum absolute atomic E-state index is 0.187. The smallest absolute Gasteiger partial charge is 0.264 e. The average Bonchev–Trinajstić information content (AvgIpc) is 2.28. The summed E-state index contributed by atoms with van der Waals surface area (Å²) in [5, 5.41) is 0. The summed E-state index contributed by atoms with van der Waals surface area (Å²) in [7, 11) is -3.49. The van der Waals surface area contributed by atoms with Crippen molar-refractivity contribution in [1.82, 2.24) is 5.48 Å². The molecule has 0 saturated heterocycles. The van der Waals surface area contributed by atoms with E-state index in [2.05, 4.69) is 5.48 Å². The maximum atomic E-state index is 11.7. The van der Waals surface area contributed by atoms with Crippen LogP contribution in [-0.4, -0.2) is 25.3 Å². The Kier molecular flexibility index (Phi) is 4.48. The first kappa shape index (κ1) is 14.7. The summed E-state index contributed by atoms with van der Waals surface area (Å²) in [5.74, 6) is -0.680. The summed E-state index contributed by atoms with van der Waals surface area (Å²) in [6.07, 6.45) is 1.02. The van der Waals surface area contributed by atoms with Gasteiger partial charge in [0.25, 0.3) is 5.91 Å². The molecule has 0 fully saturated rings. The van der Waals surface area contributed by atoms with Crippen molar-refractivity contribution in [2.45, 2.75) is 25.2 Å². The molecule has 0 radical (unpaired) electrons. The third-order valence-electron chi connectivity index (χ3n) is 2.72. The first-order valence-corrected chi connectivity index (χ1v) is 7.30. The zero-order valence-electron chi connectivity index (χ0n) is 10.6. The molecule has 0 atom stereocenters. The van der Waals surface area contributed by atoms with Crippen LogP contribution in [0.2, 0.25) is 0 Å². The van der Waals surface area contributed by atoms with Gasteiger partial charge >= 0.3 is 0 Å². The fourth-order valence-corrected chi connectivity index (χ4v) is 1.43. The highest BCUT2D eigenvalue weighted by atomic mass is 32.2. The van der Waals surface area contributed by atoms with Crippen molar-refractivity contribution in [1.29, 1.82) is 0 Å². The van der Waals surface area contributed by atoms with Crippen molar-refractivity contribution in [2.24, 2.45) is 0 Å². The minimum Gasteiger partial charge on any atom is -0.271 e. The van der Waals surface area contributed by atoms with E-state index < -0.39 is 20.5 Å². The van der Waals surface area contributed by atoms with Gasteiger partial charge < -0.3 is 0 Å². The molecule has 0 spiro atoms. The molecule has 0 heterocycles. The molecular formula is C12H17NO4S. The number of nitrogens with one attached hydrogen (secondary N) is 1. The standard InChI is InChI=1S/C12H17NO4S/c1-12(2,18(3,15)16)11(14)13-17-9-10-7-5-4-6-8-10/h4-8H,9H2,1-3H3,(H,13,14). The van der Waals surface area contributed by atoms with Crippen molar-refractivity contribution in [2.75, 3.05) is 6.26 Å². The van der Waals surface area contributed by atoms with Crippen molar-refractivity contribution < 1.29 is 18.0 Å². The van der Waals surface area contributed by atoms with E-state index in [0.29, 0.717) is 0 Å². The SMILES string of the molecule is CC(C)(C(=O)NOCc1ccccc1)S(C)(=O)=O. The Labute approximate surface area is 107 Å². The Balaban J connectivity index is 2.53. The lowest BCUT2D eigenvalue weighted by atomic mass is 10.2. The van der Waals surface area contributed by atoms with E-state index in [1.165, 1.54) is 13.8 Å². The van der Waals surface area contributed by atoms with Crippen LogP contribution in [0, 0.1) is 0 Å². The van der Waals surface area contributed by atoms with Crippen LogP contribution < -0.4 is 5.48 Å². The summed E-state index contributed by atoms with van der Waals surface area (Å²) in [4.78, 5) is 16.7. The van der Waals surface area contributed by atoms with Gasteiger partial charge in [-0.3, -0.25) is 9.63 Å². The summed E-state index contributed by atoms with van der Waals surface area (Å²) in [5.41, 5.74) is 3.04. The Bertz CT molecular complexity index is 508. The molecule has 18 heavy (non-hydrogen) atoms. The largest absolute Gasteiger partial charge is 0.271 e. The molecule has 1 rings (SSSR count). The van der Waals surface area contributed by atoms with Gasteiger partial charge in [-0.25, -0.2) is 13.9 Å². The molecule has 0 saturated carbocycles. The number of carbonyl (C=O) groups excluding carboxylic acids is 1. The van der Waals surface area contributed by atoms with E-state index >= 15 is 0 Å². The van der Waals surface area contributed by atoms with E-state index in [4.69, 9.17) is 4.84 Å². The van der Waals surface area contributed by atoms with Gasteiger partial charge in [0.1, 0.15) is 4.75 Å². The summed E-state index contributed by atoms with van der Waals surface area (Å²) in [6, 6.07) is 9.25. The van der Waals surface area contributed by atoms with Gasteiger partial charge in [0.2, 0.25) is 0 Å². The molecule has 0 aliphatic rings. The topological polar surface area (TPSA) is 72.5 Å². The van der Waals surface area contributed by atoms with Crippen LogP contribution in [0.1, 0.15) is 19.4 Å². The number of amides is 1. The third kappa shape index (κ3) is 3.54. The van der Waals surface area contributed by atoms with E-state index in [-0.39, 0.29) is 6.61 Å². The fourth-order valence-electron chi connectivity index (χ4n) is 1.05. The molecule has 1 N–H and O–H groups in total. The van der Waals surface area contributed by atoms with E-state index in [1.807, 2.05) is 30.3 Å². The molecule has 6 heteroatoms. The molecule has 0 aliphatic carbocycles. The van der Waals surface area contributed by atoms with Crippen LogP contribution in [0.15, 0.2) is 30.3 Å². The molecule has 1 amide bonds. The second kappa shape index (κ2) is 5.49. The summed E-state index contributed by atoms with van der Waals surface area (Å²) < 4.78 is 21.3. The molecule has 100 valence electrons. The Hall–Kier alpha value is -1.40. The Morgan fingerprint density at radius 1 is 1.28 bits per heavy atom. The van der Waals surface area contributed by atoms with Gasteiger partial charge in [-0.05, 0) is 19.4 Å². The number of benzene rings is 1. The Morgan fingerprint density at radius 2 is 1.83 bits per heavy atom.